The van der Waals surface area contributed by atoms with Crippen molar-refractivity contribution in [2.45, 2.75) is 26.2 Å². The number of fused-ring (bicyclic) bond motifs is 1. The van der Waals surface area contributed by atoms with Crippen LogP contribution in [0.25, 0.3) is 5.57 Å². The second kappa shape index (κ2) is 3.79. The highest BCUT2D eigenvalue weighted by molar-refractivity contribution is 5.82. The second-order valence-corrected chi connectivity index (χ2v) is 4.48. The van der Waals surface area contributed by atoms with Crippen LogP contribution in [0.1, 0.15) is 31.7 Å². The van der Waals surface area contributed by atoms with Gasteiger partial charge < -0.3 is 0 Å². The molecular formula is C16H16. The summed E-state index contributed by atoms with van der Waals surface area (Å²) in [6.07, 6.45) is 8.10. The second-order valence-electron chi connectivity index (χ2n) is 4.48. The van der Waals surface area contributed by atoms with E-state index in [1.54, 1.807) is 11.1 Å². The van der Waals surface area contributed by atoms with E-state index in [1.165, 1.54) is 23.1 Å². The molecule has 0 nitrogen and oxygen atoms in total. The van der Waals surface area contributed by atoms with Crippen molar-refractivity contribution in [3.05, 3.63) is 64.8 Å². The maximum Gasteiger partial charge on any atom is -0.00491 e. The number of rotatable bonds is 2. The Morgan fingerprint density at radius 3 is 2.62 bits per heavy atom. The first-order valence-electron chi connectivity index (χ1n) is 6.06. The van der Waals surface area contributed by atoms with Gasteiger partial charge in [0.1, 0.15) is 0 Å². The fraction of sp³-hybridized carbons (Fsp3) is 0.250. The summed E-state index contributed by atoms with van der Waals surface area (Å²) < 4.78 is 0. The lowest BCUT2D eigenvalue weighted by atomic mass is 10.00. The standard InChI is InChI=1S/C16H16/c1-2-12-11-16(13-7-4-3-5-8-13)15-10-6-9-14(12)15/h3-8,10H,2,9,11H2,1H3. The molecule has 0 N–H and O–H groups in total. The molecular weight excluding hydrogens is 192 g/mol. The van der Waals surface area contributed by atoms with Crippen molar-refractivity contribution in [2.24, 2.45) is 0 Å². The molecule has 0 heteroatoms. The largest absolute Gasteiger partial charge is 0.0795 e. The van der Waals surface area contributed by atoms with E-state index in [9.17, 15) is 0 Å². The Hall–Kier alpha value is -1.56. The van der Waals surface area contributed by atoms with Crippen molar-refractivity contribution in [3.63, 3.8) is 0 Å². The van der Waals surface area contributed by atoms with E-state index in [4.69, 9.17) is 0 Å². The van der Waals surface area contributed by atoms with E-state index < -0.39 is 0 Å². The predicted molar refractivity (Wildman–Crippen MR) is 69.1 cm³/mol. The normalized spacial score (nSPS) is 18.6. The molecule has 80 valence electrons. The molecule has 0 radical (unpaired) electrons. The zero-order chi connectivity index (χ0) is 11.0. The molecule has 3 rings (SSSR count). The number of benzene rings is 1. The van der Waals surface area contributed by atoms with Gasteiger partial charge in [-0.3, -0.25) is 0 Å². The Labute approximate surface area is 97.0 Å². The van der Waals surface area contributed by atoms with Gasteiger partial charge in [-0.2, -0.15) is 0 Å². The first kappa shape index (κ1) is 9.65. The van der Waals surface area contributed by atoms with Gasteiger partial charge in [-0.1, -0.05) is 55.0 Å². The lowest BCUT2D eigenvalue weighted by molar-refractivity contribution is 1.02. The minimum Gasteiger partial charge on any atom is -0.0795 e. The molecule has 0 amide bonds. The fourth-order valence-electron chi connectivity index (χ4n) is 2.77. The lowest BCUT2D eigenvalue weighted by Gasteiger charge is -2.05. The zero-order valence-corrected chi connectivity index (χ0v) is 9.66. The van der Waals surface area contributed by atoms with Gasteiger partial charge in [0.15, 0.2) is 0 Å². The molecule has 0 saturated heterocycles. The summed E-state index contributed by atoms with van der Waals surface area (Å²) in [5.41, 5.74) is 7.66. The molecule has 0 aromatic heterocycles. The van der Waals surface area contributed by atoms with Crippen LogP contribution in [0.5, 0.6) is 0 Å². The Morgan fingerprint density at radius 2 is 1.88 bits per heavy atom. The van der Waals surface area contributed by atoms with Crippen LogP contribution in [0, 0.1) is 0 Å². The monoisotopic (exact) mass is 208 g/mol. The van der Waals surface area contributed by atoms with Crippen LogP contribution in [0.4, 0.5) is 0 Å². The van der Waals surface area contributed by atoms with Crippen LogP contribution in [-0.4, -0.2) is 0 Å². The molecule has 0 unspecified atom stereocenters. The molecule has 1 aromatic rings. The Morgan fingerprint density at radius 1 is 1.06 bits per heavy atom. The van der Waals surface area contributed by atoms with Gasteiger partial charge in [0.25, 0.3) is 0 Å². The molecule has 2 aliphatic carbocycles. The topological polar surface area (TPSA) is 0 Å². The summed E-state index contributed by atoms with van der Waals surface area (Å²) >= 11 is 0. The molecule has 0 atom stereocenters. The fourth-order valence-corrected chi connectivity index (χ4v) is 2.77. The van der Waals surface area contributed by atoms with Crippen molar-refractivity contribution in [3.8, 4) is 0 Å². The van der Waals surface area contributed by atoms with Crippen LogP contribution >= 0.6 is 0 Å². The third kappa shape index (κ3) is 1.37. The van der Waals surface area contributed by atoms with Crippen LogP contribution < -0.4 is 0 Å². The summed E-state index contributed by atoms with van der Waals surface area (Å²) in [6.45, 7) is 2.27. The average Bonchev–Trinajstić information content (AvgIpc) is 2.91. The molecule has 16 heavy (non-hydrogen) atoms. The third-order valence-corrected chi connectivity index (χ3v) is 3.62. The van der Waals surface area contributed by atoms with Crippen molar-refractivity contribution in [1.29, 1.82) is 0 Å². The minimum absolute atomic E-state index is 1.15. The SMILES string of the molecule is CCC1=C2CC=CC2=C(c2ccccc2)C1. The van der Waals surface area contributed by atoms with Gasteiger partial charge in [-0.15, -0.1) is 0 Å². The van der Waals surface area contributed by atoms with Gasteiger partial charge in [0, 0.05) is 0 Å². The summed E-state index contributed by atoms with van der Waals surface area (Å²) in [4.78, 5) is 0. The molecule has 0 heterocycles. The number of hydrogen-bond acceptors (Lipinski definition) is 0. The van der Waals surface area contributed by atoms with E-state index in [0.717, 1.165) is 12.8 Å². The average molecular weight is 208 g/mol. The third-order valence-electron chi connectivity index (χ3n) is 3.62. The molecule has 2 aliphatic rings. The Bertz CT molecular complexity index is 498. The van der Waals surface area contributed by atoms with E-state index >= 15 is 0 Å². The van der Waals surface area contributed by atoms with Crippen LogP contribution in [0.2, 0.25) is 0 Å². The van der Waals surface area contributed by atoms with Crippen molar-refractivity contribution in [1.82, 2.24) is 0 Å². The van der Waals surface area contributed by atoms with Crippen LogP contribution in [-0.2, 0) is 0 Å². The van der Waals surface area contributed by atoms with E-state index in [0.29, 0.717) is 0 Å². The van der Waals surface area contributed by atoms with Gasteiger partial charge in [-0.25, -0.2) is 0 Å². The highest BCUT2D eigenvalue weighted by Gasteiger charge is 2.24. The molecule has 0 spiro atoms. The number of allylic oxidation sites excluding steroid dienone is 6. The summed E-state index contributed by atoms with van der Waals surface area (Å²) in [7, 11) is 0. The summed E-state index contributed by atoms with van der Waals surface area (Å²) in [5, 5.41) is 0. The smallest absolute Gasteiger partial charge is 0.00491 e. The maximum absolute atomic E-state index is 2.31. The van der Waals surface area contributed by atoms with Gasteiger partial charge in [0.05, 0.1) is 0 Å². The van der Waals surface area contributed by atoms with E-state index in [2.05, 4.69) is 49.4 Å². The summed E-state index contributed by atoms with van der Waals surface area (Å²) in [5.74, 6) is 0. The Kier molecular flexibility index (Phi) is 2.28. The Balaban J connectivity index is 2.07. The van der Waals surface area contributed by atoms with Crippen molar-refractivity contribution in [2.75, 3.05) is 0 Å². The lowest BCUT2D eigenvalue weighted by Crippen LogP contribution is -1.84. The predicted octanol–water partition coefficient (Wildman–Crippen LogP) is 4.51. The molecule has 0 bridgehead atoms. The highest BCUT2D eigenvalue weighted by Crippen LogP contribution is 2.44. The van der Waals surface area contributed by atoms with Gasteiger partial charge in [-0.05, 0) is 41.5 Å². The molecule has 0 fully saturated rings. The molecule has 1 aromatic carbocycles. The van der Waals surface area contributed by atoms with E-state index in [1.807, 2.05) is 0 Å². The van der Waals surface area contributed by atoms with Crippen LogP contribution in [0.15, 0.2) is 59.2 Å². The molecule has 0 saturated carbocycles. The quantitative estimate of drug-likeness (QED) is 0.670. The van der Waals surface area contributed by atoms with Gasteiger partial charge >= 0.3 is 0 Å². The zero-order valence-electron chi connectivity index (χ0n) is 9.66. The van der Waals surface area contributed by atoms with Gasteiger partial charge in [0.2, 0.25) is 0 Å². The maximum atomic E-state index is 2.31. The summed E-state index contributed by atoms with van der Waals surface area (Å²) in [6, 6.07) is 10.8. The molecule has 0 aliphatic heterocycles. The number of hydrogen-bond donors (Lipinski definition) is 0. The highest BCUT2D eigenvalue weighted by atomic mass is 14.3. The first-order chi connectivity index (χ1) is 7.90. The van der Waals surface area contributed by atoms with Crippen molar-refractivity contribution >= 4 is 5.57 Å². The minimum atomic E-state index is 1.15. The van der Waals surface area contributed by atoms with E-state index in [-0.39, 0.29) is 0 Å². The van der Waals surface area contributed by atoms with Crippen LogP contribution in [0.3, 0.4) is 0 Å². The first-order valence-corrected chi connectivity index (χ1v) is 6.06. The van der Waals surface area contributed by atoms with Crippen molar-refractivity contribution < 1.29 is 0 Å².